The number of rotatable bonds is 7. The van der Waals surface area contributed by atoms with Gasteiger partial charge in [0.05, 0.1) is 5.75 Å². The monoisotopic (exact) mass is 458 g/mol. The lowest BCUT2D eigenvalue weighted by molar-refractivity contribution is -0.115. The Hall–Kier alpha value is -2.45. The van der Waals surface area contributed by atoms with Crippen molar-refractivity contribution in [2.75, 3.05) is 11.1 Å². The summed E-state index contributed by atoms with van der Waals surface area (Å²) in [5.41, 5.74) is 2.22. The van der Waals surface area contributed by atoms with Gasteiger partial charge in [-0.25, -0.2) is 0 Å². The number of nitrogens with zero attached hydrogens (tertiary/aromatic N) is 3. The van der Waals surface area contributed by atoms with Gasteiger partial charge in [-0.2, -0.15) is 0 Å². The average molecular weight is 459 g/mol. The molecule has 0 spiro atoms. The number of thioether (sulfide) groups is 1. The first-order chi connectivity index (χ1) is 13.5. The molecule has 3 aromatic rings. The number of Topliss-reactive ketones (excluding diaryl/α,β-unsaturated/α-hetero) is 1. The van der Waals surface area contributed by atoms with Gasteiger partial charge in [0.1, 0.15) is 0 Å². The molecule has 2 aromatic carbocycles. The molecule has 144 valence electrons. The molecule has 8 heteroatoms. The number of carbonyl (C=O) groups excluding carboxylic acids is 2. The number of aromatic nitrogens is 3. The number of halogens is 1. The van der Waals surface area contributed by atoms with Crippen LogP contribution in [0.1, 0.15) is 23.7 Å². The standard InChI is InChI=1S/C20H19BrN4O2S/c1-3-18(27)22-16-6-4-5-14(11-16)19-23-24-20(25(19)2)28-12-17(26)13-7-9-15(21)10-8-13/h4-11H,3,12H2,1-2H3,(H,22,27). The van der Waals surface area contributed by atoms with E-state index in [-0.39, 0.29) is 17.4 Å². The van der Waals surface area contributed by atoms with E-state index in [1.165, 1.54) is 11.8 Å². The molecule has 0 fully saturated rings. The maximum absolute atomic E-state index is 12.4. The summed E-state index contributed by atoms with van der Waals surface area (Å²) >= 11 is 4.71. The molecule has 0 saturated carbocycles. The average Bonchev–Trinajstić information content (AvgIpc) is 3.07. The number of amides is 1. The zero-order valence-electron chi connectivity index (χ0n) is 15.5. The SMILES string of the molecule is CCC(=O)Nc1cccc(-c2nnc(SCC(=O)c3ccc(Br)cc3)n2C)c1. The molecule has 1 aromatic heterocycles. The van der Waals surface area contributed by atoms with Gasteiger partial charge in [0.25, 0.3) is 0 Å². The molecule has 0 aliphatic carbocycles. The van der Waals surface area contributed by atoms with Crippen molar-refractivity contribution in [3.63, 3.8) is 0 Å². The van der Waals surface area contributed by atoms with Gasteiger partial charge in [-0.15, -0.1) is 10.2 Å². The number of hydrogen-bond acceptors (Lipinski definition) is 5. The first kappa shape index (κ1) is 20.3. The van der Waals surface area contributed by atoms with Crippen LogP contribution in [0, 0.1) is 0 Å². The van der Waals surface area contributed by atoms with Crippen molar-refractivity contribution < 1.29 is 9.59 Å². The third-order valence-corrected chi connectivity index (χ3v) is 5.61. The summed E-state index contributed by atoms with van der Waals surface area (Å²) < 4.78 is 2.78. The van der Waals surface area contributed by atoms with Gasteiger partial charge in [-0.05, 0) is 24.3 Å². The molecular formula is C20H19BrN4O2S. The molecule has 6 nitrogen and oxygen atoms in total. The third kappa shape index (κ3) is 4.88. The quantitative estimate of drug-likeness (QED) is 0.414. The van der Waals surface area contributed by atoms with Crippen molar-refractivity contribution in [3.8, 4) is 11.4 Å². The second-order valence-electron chi connectivity index (χ2n) is 6.07. The van der Waals surface area contributed by atoms with Gasteiger partial charge in [0.15, 0.2) is 16.8 Å². The fraction of sp³-hybridized carbons (Fsp3) is 0.200. The second kappa shape index (κ2) is 9.16. The third-order valence-electron chi connectivity index (χ3n) is 4.06. The molecule has 28 heavy (non-hydrogen) atoms. The summed E-state index contributed by atoms with van der Waals surface area (Å²) in [5, 5.41) is 12.0. The fourth-order valence-corrected chi connectivity index (χ4v) is 3.60. The summed E-state index contributed by atoms with van der Waals surface area (Å²) in [4.78, 5) is 24.0. The topological polar surface area (TPSA) is 76.9 Å². The number of benzene rings is 2. The summed E-state index contributed by atoms with van der Waals surface area (Å²) in [6.45, 7) is 1.81. The zero-order valence-corrected chi connectivity index (χ0v) is 17.9. The molecule has 0 radical (unpaired) electrons. The van der Waals surface area contributed by atoms with Crippen LogP contribution >= 0.6 is 27.7 Å². The van der Waals surface area contributed by atoms with Gasteiger partial charge in [0.2, 0.25) is 5.91 Å². The first-order valence-electron chi connectivity index (χ1n) is 8.69. The minimum absolute atomic E-state index is 0.0336. The Balaban J connectivity index is 1.71. The highest BCUT2D eigenvalue weighted by Gasteiger charge is 2.14. The van der Waals surface area contributed by atoms with Gasteiger partial charge < -0.3 is 9.88 Å². The lowest BCUT2D eigenvalue weighted by atomic mass is 10.2. The van der Waals surface area contributed by atoms with E-state index in [1.54, 1.807) is 19.1 Å². The number of nitrogens with one attached hydrogen (secondary N) is 1. The predicted molar refractivity (Wildman–Crippen MR) is 115 cm³/mol. The maximum Gasteiger partial charge on any atom is 0.224 e. The molecule has 3 rings (SSSR count). The molecule has 1 amide bonds. The minimum atomic E-state index is -0.0437. The summed E-state index contributed by atoms with van der Waals surface area (Å²) in [6, 6.07) is 14.8. The van der Waals surface area contributed by atoms with E-state index in [9.17, 15) is 9.59 Å². The number of ketones is 1. The van der Waals surface area contributed by atoms with E-state index in [2.05, 4.69) is 31.4 Å². The van der Waals surface area contributed by atoms with Crippen molar-refractivity contribution in [2.45, 2.75) is 18.5 Å². The van der Waals surface area contributed by atoms with Crippen LogP contribution in [-0.2, 0) is 11.8 Å². The zero-order chi connectivity index (χ0) is 20.1. The Kier molecular flexibility index (Phi) is 6.64. The Labute approximate surface area is 175 Å². The molecule has 0 saturated heterocycles. The highest BCUT2D eigenvalue weighted by Crippen LogP contribution is 2.25. The predicted octanol–water partition coefficient (Wildman–Crippen LogP) is 4.57. The van der Waals surface area contributed by atoms with Crippen molar-refractivity contribution in [1.29, 1.82) is 0 Å². The van der Waals surface area contributed by atoms with Gasteiger partial charge in [-0.3, -0.25) is 9.59 Å². The Bertz CT molecular complexity index is 1000. The van der Waals surface area contributed by atoms with Crippen LogP contribution in [0.5, 0.6) is 0 Å². The molecule has 0 unspecified atom stereocenters. The van der Waals surface area contributed by atoms with Gasteiger partial charge in [-0.1, -0.05) is 58.9 Å². The molecule has 0 aliphatic heterocycles. The van der Waals surface area contributed by atoms with E-state index in [0.29, 0.717) is 28.7 Å². The molecular weight excluding hydrogens is 440 g/mol. The summed E-state index contributed by atoms with van der Waals surface area (Å²) in [5.74, 6) is 0.940. The van der Waals surface area contributed by atoms with E-state index >= 15 is 0 Å². The largest absolute Gasteiger partial charge is 0.326 e. The van der Waals surface area contributed by atoms with Crippen LogP contribution in [0.3, 0.4) is 0 Å². The number of anilines is 1. The minimum Gasteiger partial charge on any atom is -0.326 e. The van der Waals surface area contributed by atoms with E-state index in [4.69, 9.17) is 0 Å². The number of hydrogen-bond donors (Lipinski definition) is 1. The lowest BCUT2D eigenvalue weighted by Crippen LogP contribution is -2.09. The smallest absolute Gasteiger partial charge is 0.224 e. The Morgan fingerprint density at radius 2 is 1.89 bits per heavy atom. The van der Waals surface area contributed by atoms with Gasteiger partial charge >= 0.3 is 0 Å². The van der Waals surface area contributed by atoms with Crippen LogP contribution in [-0.4, -0.2) is 32.2 Å². The highest BCUT2D eigenvalue weighted by molar-refractivity contribution is 9.10. The van der Waals surface area contributed by atoms with Crippen LogP contribution in [0.2, 0.25) is 0 Å². The molecule has 0 atom stereocenters. The Morgan fingerprint density at radius 3 is 2.61 bits per heavy atom. The first-order valence-corrected chi connectivity index (χ1v) is 10.5. The van der Waals surface area contributed by atoms with Crippen LogP contribution in [0.15, 0.2) is 58.2 Å². The lowest BCUT2D eigenvalue weighted by Gasteiger charge is -2.07. The van der Waals surface area contributed by atoms with Crippen molar-refractivity contribution in [3.05, 3.63) is 58.6 Å². The molecule has 0 aliphatic rings. The highest BCUT2D eigenvalue weighted by atomic mass is 79.9. The fourth-order valence-electron chi connectivity index (χ4n) is 2.53. The van der Waals surface area contributed by atoms with Crippen molar-refractivity contribution >= 4 is 45.1 Å². The van der Waals surface area contributed by atoms with Crippen LogP contribution in [0.4, 0.5) is 5.69 Å². The molecule has 1 heterocycles. The second-order valence-corrected chi connectivity index (χ2v) is 7.92. The van der Waals surface area contributed by atoms with Crippen LogP contribution in [0.25, 0.3) is 11.4 Å². The number of carbonyl (C=O) groups is 2. The maximum atomic E-state index is 12.4. The molecule has 0 bridgehead atoms. The van der Waals surface area contributed by atoms with E-state index in [1.807, 2.05) is 48.0 Å². The van der Waals surface area contributed by atoms with Crippen molar-refractivity contribution in [2.24, 2.45) is 7.05 Å². The summed E-state index contributed by atoms with van der Waals surface area (Å²) in [7, 11) is 1.86. The van der Waals surface area contributed by atoms with Crippen molar-refractivity contribution in [1.82, 2.24) is 14.8 Å². The normalized spacial score (nSPS) is 10.7. The van der Waals surface area contributed by atoms with E-state index < -0.39 is 0 Å². The van der Waals surface area contributed by atoms with Crippen LogP contribution < -0.4 is 5.32 Å². The Morgan fingerprint density at radius 1 is 1.14 bits per heavy atom. The molecule has 1 N–H and O–H groups in total. The summed E-state index contributed by atoms with van der Waals surface area (Å²) in [6.07, 6.45) is 0.418. The van der Waals surface area contributed by atoms with E-state index in [0.717, 1.165) is 10.0 Å². The van der Waals surface area contributed by atoms with Gasteiger partial charge in [0, 0.05) is 34.8 Å².